The Kier molecular flexibility index (Phi) is 5.77. The Morgan fingerprint density at radius 2 is 2.09 bits per heavy atom. The second kappa shape index (κ2) is 7.79. The number of nitrogens with zero attached hydrogens (tertiary/aromatic N) is 2. The van der Waals surface area contributed by atoms with Crippen LogP contribution in [0.15, 0.2) is 30.3 Å². The average Bonchev–Trinajstić information content (AvgIpc) is 2.92. The number of likely N-dealkylation sites (tertiary alicyclic amines) is 1. The van der Waals surface area contributed by atoms with Crippen LogP contribution in [0.3, 0.4) is 0 Å². The molecule has 1 aromatic carbocycles. The molecule has 1 saturated heterocycles. The predicted molar refractivity (Wildman–Crippen MR) is 81.5 cm³/mol. The van der Waals surface area contributed by atoms with Gasteiger partial charge in [-0.2, -0.15) is 0 Å². The number of carbonyl (C=O) groups excluding carboxylic acids is 1. The number of carbonyl (C=O) groups is 2. The smallest absolute Gasteiger partial charge is 0.409 e. The number of aliphatic carboxylic acids is 1. The third-order valence-electron chi connectivity index (χ3n) is 3.84. The lowest BCUT2D eigenvalue weighted by molar-refractivity contribution is -0.138. The standard InChI is InChI=1S/C16H22N2O4/c1-17(10-14-8-5-9-18(14)11-15(19)20)16(21)22-12-13-6-3-2-4-7-13/h2-4,6-7,14H,5,8-12H2,1H3,(H,19,20). The van der Waals surface area contributed by atoms with Gasteiger partial charge in [0.15, 0.2) is 0 Å². The number of hydrogen-bond donors (Lipinski definition) is 1. The first-order valence-electron chi connectivity index (χ1n) is 7.44. The number of carboxylic acid groups (broad SMARTS) is 1. The van der Waals surface area contributed by atoms with Gasteiger partial charge in [-0.1, -0.05) is 30.3 Å². The number of likely N-dealkylation sites (N-methyl/N-ethyl adjacent to an activating group) is 1. The highest BCUT2D eigenvalue weighted by Crippen LogP contribution is 2.17. The quantitative estimate of drug-likeness (QED) is 0.868. The molecule has 1 fully saturated rings. The molecular weight excluding hydrogens is 284 g/mol. The van der Waals surface area contributed by atoms with E-state index in [4.69, 9.17) is 9.84 Å². The zero-order valence-corrected chi connectivity index (χ0v) is 12.8. The van der Waals surface area contributed by atoms with E-state index in [1.54, 1.807) is 7.05 Å². The summed E-state index contributed by atoms with van der Waals surface area (Å²) < 4.78 is 5.27. The number of amides is 1. The molecule has 1 aliphatic rings. The first kappa shape index (κ1) is 16.3. The van der Waals surface area contributed by atoms with Crippen molar-refractivity contribution in [2.75, 3.05) is 26.7 Å². The Hall–Kier alpha value is -2.08. The SMILES string of the molecule is CN(CC1CCCN1CC(=O)O)C(=O)OCc1ccccc1. The molecule has 0 spiro atoms. The molecule has 0 aliphatic carbocycles. The Morgan fingerprint density at radius 1 is 1.36 bits per heavy atom. The van der Waals surface area contributed by atoms with Crippen molar-refractivity contribution in [1.82, 2.24) is 9.80 Å². The maximum atomic E-state index is 12.0. The Balaban J connectivity index is 1.79. The van der Waals surface area contributed by atoms with Crippen LogP contribution in [0.5, 0.6) is 0 Å². The van der Waals surface area contributed by atoms with E-state index in [0.29, 0.717) is 6.54 Å². The van der Waals surface area contributed by atoms with E-state index in [-0.39, 0.29) is 25.3 Å². The van der Waals surface area contributed by atoms with Crippen LogP contribution in [0.4, 0.5) is 4.79 Å². The highest BCUT2D eigenvalue weighted by molar-refractivity contribution is 5.69. The molecule has 0 radical (unpaired) electrons. The number of hydrogen-bond acceptors (Lipinski definition) is 4. The largest absolute Gasteiger partial charge is 0.480 e. The van der Waals surface area contributed by atoms with E-state index >= 15 is 0 Å². The number of rotatable bonds is 6. The van der Waals surface area contributed by atoms with Crippen LogP contribution >= 0.6 is 0 Å². The van der Waals surface area contributed by atoms with E-state index in [2.05, 4.69) is 0 Å². The fourth-order valence-corrected chi connectivity index (χ4v) is 2.70. The summed E-state index contributed by atoms with van der Waals surface area (Å²) in [6.07, 6.45) is 1.49. The second-order valence-corrected chi connectivity index (χ2v) is 5.58. The molecule has 1 atom stereocenters. The summed E-state index contributed by atoms with van der Waals surface area (Å²) in [6.45, 7) is 1.52. The van der Waals surface area contributed by atoms with Crippen molar-refractivity contribution in [2.24, 2.45) is 0 Å². The van der Waals surface area contributed by atoms with Crippen LogP contribution < -0.4 is 0 Å². The molecule has 6 nitrogen and oxygen atoms in total. The van der Waals surface area contributed by atoms with Crippen LogP contribution in [-0.4, -0.2) is 59.7 Å². The zero-order chi connectivity index (χ0) is 15.9. The van der Waals surface area contributed by atoms with Gasteiger partial charge in [-0.3, -0.25) is 9.69 Å². The third-order valence-corrected chi connectivity index (χ3v) is 3.84. The number of benzene rings is 1. The molecule has 2 rings (SSSR count). The minimum atomic E-state index is -0.832. The Morgan fingerprint density at radius 3 is 2.77 bits per heavy atom. The van der Waals surface area contributed by atoms with Crippen LogP contribution in [0, 0.1) is 0 Å². The Bertz CT molecular complexity index is 506. The molecule has 1 N–H and O–H groups in total. The monoisotopic (exact) mass is 306 g/mol. The molecule has 22 heavy (non-hydrogen) atoms. The van der Waals surface area contributed by atoms with Crippen molar-refractivity contribution in [2.45, 2.75) is 25.5 Å². The van der Waals surface area contributed by atoms with Crippen LogP contribution in [-0.2, 0) is 16.1 Å². The lowest BCUT2D eigenvalue weighted by Crippen LogP contribution is -2.43. The summed E-state index contributed by atoms with van der Waals surface area (Å²) in [7, 11) is 1.69. The summed E-state index contributed by atoms with van der Waals surface area (Å²) >= 11 is 0. The first-order valence-corrected chi connectivity index (χ1v) is 7.44. The van der Waals surface area contributed by atoms with Crippen molar-refractivity contribution in [3.63, 3.8) is 0 Å². The summed E-state index contributed by atoms with van der Waals surface area (Å²) in [5.74, 6) is -0.832. The molecule has 1 unspecified atom stereocenters. The van der Waals surface area contributed by atoms with Crippen molar-refractivity contribution in [1.29, 1.82) is 0 Å². The van der Waals surface area contributed by atoms with Gasteiger partial charge in [0, 0.05) is 19.6 Å². The molecular formula is C16H22N2O4. The van der Waals surface area contributed by atoms with E-state index in [0.717, 1.165) is 24.9 Å². The van der Waals surface area contributed by atoms with Gasteiger partial charge in [-0.25, -0.2) is 4.79 Å². The van der Waals surface area contributed by atoms with Gasteiger partial charge in [0.05, 0.1) is 6.54 Å². The van der Waals surface area contributed by atoms with E-state index in [9.17, 15) is 9.59 Å². The van der Waals surface area contributed by atoms with E-state index in [1.807, 2.05) is 35.2 Å². The summed E-state index contributed by atoms with van der Waals surface area (Å²) in [5.41, 5.74) is 0.942. The fraction of sp³-hybridized carbons (Fsp3) is 0.500. The average molecular weight is 306 g/mol. The van der Waals surface area contributed by atoms with Crippen LogP contribution in [0.25, 0.3) is 0 Å². The topological polar surface area (TPSA) is 70.1 Å². The van der Waals surface area contributed by atoms with Gasteiger partial charge in [0.2, 0.25) is 0 Å². The van der Waals surface area contributed by atoms with E-state index in [1.165, 1.54) is 4.90 Å². The highest BCUT2D eigenvalue weighted by Gasteiger charge is 2.28. The maximum Gasteiger partial charge on any atom is 0.409 e. The molecule has 120 valence electrons. The highest BCUT2D eigenvalue weighted by atomic mass is 16.6. The minimum Gasteiger partial charge on any atom is -0.480 e. The van der Waals surface area contributed by atoms with Gasteiger partial charge in [0.1, 0.15) is 6.61 Å². The first-order chi connectivity index (χ1) is 10.6. The lowest BCUT2D eigenvalue weighted by Gasteiger charge is -2.27. The number of ether oxygens (including phenoxy) is 1. The van der Waals surface area contributed by atoms with Crippen molar-refractivity contribution in [3.05, 3.63) is 35.9 Å². The molecule has 0 aromatic heterocycles. The molecule has 6 heteroatoms. The van der Waals surface area contributed by atoms with Gasteiger partial charge >= 0.3 is 12.1 Å². The van der Waals surface area contributed by atoms with Crippen LogP contribution in [0.1, 0.15) is 18.4 Å². The zero-order valence-electron chi connectivity index (χ0n) is 12.8. The van der Waals surface area contributed by atoms with Gasteiger partial charge in [0.25, 0.3) is 0 Å². The normalized spacial score (nSPS) is 18.1. The molecule has 1 aromatic rings. The van der Waals surface area contributed by atoms with Crippen molar-refractivity contribution < 1.29 is 19.4 Å². The van der Waals surface area contributed by atoms with Crippen molar-refractivity contribution in [3.8, 4) is 0 Å². The molecule has 0 bridgehead atoms. The molecule has 1 heterocycles. The lowest BCUT2D eigenvalue weighted by atomic mass is 10.2. The molecule has 1 amide bonds. The second-order valence-electron chi connectivity index (χ2n) is 5.58. The Labute approximate surface area is 130 Å². The maximum absolute atomic E-state index is 12.0. The van der Waals surface area contributed by atoms with Crippen molar-refractivity contribution >= 4 is 12.1 Å². The van der Waals surface area contributed by atoms with Gasteiger partial charge in [-0.15, -0.1) is 0 Å². The molecule has 0 saturated carbocycles. The third kappa shape index (κ3) is 4.73. The summed E-state index contributed by atoms with van der Waals surface area (Å²) in [6, 6.07) is 9.60. The number of carboxylic acids is 1. The van der Waals surface area contributed by atoms with Gasteiger partial charge in [-0.05, 0) is 24.9 Å². The summed E-state index contributed by atoms with van der Waals surface area (Å²) in [5, 5.41) is 8.90. The summed E-state index contributed by atoms with van der Waals surface area (Å²) in [4.78, 5) is 26.3. The van der Waals surface area contributed by atoms with Crippen LogP contribution in [0.2, 0.25) is 0 Å². The van der Waals surface area contributed by atoms with E-state index < -0.39 is 5.97 Å². The fourth-order valence-electron chi connectivity index (χ4n) is 2.70. The molecule has 1 aliphatic heterocycles. The minimum absolute atomic E-state index is 0.0254. The predicted octanol–water partition coefficient (Wildman–Crippen LogP) is 1.80. The van der Waals surface area contributed by atoms with Gasteiger partial charge < -0.3 is 14.7 Å².